The van der Waals surface area contributed by atoms with Gasteiger partial charge in [0.25, 0.3) is 0 Å². The Labute approximate surface area is 119 Å². The average molecular weight is 286 g/mol. The topological polar surface area (TPSA) is 80.7 Å². The minimum Gasteiger partial charge on any atom is -0.481 e. The van der Waals surface area contributed by atoms with E-state index in [0.717, 1.165) is 16.5 Å². The van der Waals surface area contributed by atoms with Crippen molar-refractivity contribution in [2.45, 2.75) is 27.2 Å². The van der Waals surface area contributed by atoms with Gasteiger partial charge in [-0.15, -0.1) is 0 Å². The largest absolute Gasteiger partial charge is 0.481 e. The quantitative estimate of drug-likeness (QED) is 0.732. The van der Waals surface area contributed by atoms with Crippen LogP contribution < -0.4 is 5.63 Å². The molecule has 0 atom stereocenters. The maximum absolute atomic E-state index is 12.0. The first-order chi connectivity index (χ1) is 9.90. The van der Waals surface area contributed by atoms with Crippen molar-refractivity contribution < 1.29 is 18.7 Å². The molecule has 3 rings (SSSR count). The van der Waals surface area contributed by atoms with E-state index in [0.29, 0.717) is 22.1 Å². The van der Waals surface area contributed by atoms with E-state index in [1.54, 1.807) is 19.3 Å². The first kappa shape index (κ1) is 13.4. The van der Waals surface area contributed by atoms with Crippen LogP contribution in [-0.4, -0.2) is 11.1 Å². The fourth-order valence-corrected chi connectivity index (χ4v) is 2.83. The summed E-state index contributed by atoms with van der Waals surface area (Å²) in [5.74, 6) is -1.07. The van der Waals surface area contributed by atoms with Crippen LogP contribution in [0.1, 0.15) is 22.3 Å². The second kappa shape index (κ2) is 4.48. The number of aliphatic carboxylic acids is 1. The van der Waals surface area contributed by atoms with Crippen LogP contribution in [0.4, 0.5) is 0 Å². The second-order valence-electron chi connectivity index (χ2n) is 5.25. The molecule has 5 nitrogen and oxygen atoms in total. The zero-order valence-electron chi connectivity index (χ0n) is 11.9. The number of hydrogen-bond acceptors (Lipinski definition) is 4. The third kappa shape index (κ3) is 1.93. The van der Waals surface area contributed by atoms with E-state index in [1.165, 1.54) is 0 Å². The lowest BCUT2D eigenvalue weighted by Crippen LogP contribution is -2.15. The summed E-state index contributed by atoms with van der Waals surface area (Å²) in [6, 6.07) is 1.79. The van der Waals surface area contributed by atoms with Gasteiger partial charge < -0.3 is 13.9 Å². The molecular weight excluding hydrogens is 272 g/mol. The molecule has 0 saturated heterocycles. The highest BCUT2D eigenvalue weighted by molar-refractivity contribution is 6.06. The first-order valence-corrected chi connectivity index (χ1v) is 6.55. The molecule has 21 heavy (non-hydrogen) atoms. The number of aryl methyl sites for hydroxylation is 3. The molecule has 0 fully saturated rings. The van der Waals surface area contributed by atoms with Crippen molar-refractivity contribution in [1.82, 2.24) is 0 Å². The molecule has 0 bridgehead atoms. The molecular formula is C16H14O5. The predicted molar refractivity (Wildman–Crippen MR) is 77.8 cm³/mol. The van der Waals surface area contributed by atoms with Gasteiger partial charge >= 0.3 is 11.6 Å². The van der Waals surface area contributed by atoms with Crippen molar-refractivity contribution in [1.29, 1.82) is 0 Å². The van der Waals surface area contributed by atoms with Gasteiger partial charge in [-0.3, -0.25) is 4.79 Å². The van der Waals surface area contributed by atoms with Crippen LogP contribution in [0.15, 0.2) is 26.0 Å². The SMILES string of the molecule is Cc1coc2c1c(C)cc1oc(=O)c(CC(=O)O)c(C)c12. The Bertz CT molecular complexity index is 943. The molecule has 2 aromatic heterocycles. The molecule has 0 aliphatic carbocycles. The molecule has 0 aliphatic rings. The van der Waals surface area contributed by atoms with Crippen molar-refractivity contribution in [3.8, 4) is 0 Å². The van der Waals surface area contributed by atoms with Crippen LogP contribution >= 0.6 is 0 Å². The standard InChI is InChI=1S/C16H14O5/c1-7-4-11-14(15-13(7)8(2)6-20-15)9(3)10(5-12(17)18)16(19)21-11/h4,6H,5H2,1-3H3,(H,17,18). The minimum atomic E-state index is -1.07. The van der Waals surface area contributed by atoms with E-state index in [2.05, 4.69) is 0 Å². The molecule has 0 radical (unpaired) electrons. The zero-order chi connectivity index (χ0) is 15.3. The summed E-state index contributed by atoms with van der Waals surface area (Å²) in [6.45, 7) is 5.59. The normalized spacial score (nSPS) is 11.4. The van der Waals surface area contributed by atoms with Crippen LogP contribution in [0.5, 0.6) is 0 Å². The molecule has 0 spiro atoms. The van der Waals surface area contributed by atoms with Crippen LogP contribution in [-0.2, 0) is 11.2 Å². The van der Waals surface area contributed by atoms with Crippen molar-refractivity contribution >= 4 is 27.9 Å². The average Bonchev–Trinajstić information content (AvgIpc) is 2.76. The van der Waals surface area contributed by atoms with Gasteiger partial charge in [-0.2, -0.15) is 0 Å². The number of carboxylic acid groups (broad SMARTS) is 1. The maximum atomic E-state index is 12.0. The number of hydrogen-bond donors (Lipinski definition) is 1. The summed E-state index contributed by atoms with van der Waals surface area (Å²) in [6.07, 6.45) is 1.29. The van der Waals surface area contributed by atoms with E-state index < -0.39 is 11.6 Å². The molecule has 108 valence electrons. The number of carbonyl (C=O) groups is 1. The van der Waals surface area contributed by atoms with Crippen molar-refractivity contribution in [3.05, 3.63) is 45.0 Å². The Balaban J connectivity index is 2.51. The van der Waals surface area contributed by atoms with Crippen molar-refractivity contribution in [2.75, 3.05) is 0 Å². The van der Waals surface area contributed by atoms with Crippen LogP contribution in [0.2, 0.25) is 0 Å². The van der Waals surface area contributed by atoms with E-state index >= 15 is 0 Å². The second-order valence-corrected chi connectivity index (χ2v) is 5.25. The summed E-state index contributed by atoms with van der Waals surface area (Å²) in [4.78, 5) is 22.9. The molecule has 3 aromatic rings. The molecule has 5 heteroatoms. The third-order valence-electron chi connectivity index (χ3n) is 3.80. The van der Waals surface area contributed by atoms with Gasteiger partial charge in [-0.05, 0) is 43.5 Å². The first-order valence-electron chi connectivity index (χ1n) is 6.55. The molecule has 1 N–H and O–H groups in total. The van der Waals surface area contributed by atoms with Crippen molar-refractivity contribution in [3.63, 3.8) is 0 Å². The predicted octanol–water partition coefficient (Wildman–Crippen LogP) is 3.09. The van der Waals surface area contributed by atoms with Gasteiger partial charge in [-0.25, -0.2) is 4.79 Å². The third-order valence-corrected chi connectivity index (χ3v) is 3.80. The Morgan fingerprint density at radius 2 is 1.90 bits per heavy atom. The van der Waals surface area contributed by atoms with Gasteiger partial charge in [0.15, 0.2) is 0 Å². The van der Waals surface area contributed by atoms with Crippen LogP contribution in [0.25, 0.3) is 21.9 Å². The number of furan rings is 1. The molecule has 0 amide bonds. The Hall–Kier alpha value is -2.56. The molecule has 0 unspecified atom stereocenters. The maximum Gasteiger partial charge on any atom is 0.340 e. The lowest BCUT2D eigenvalue weighted by molar-refractivity contribution is -0.136. The summed E-state index contributed by atoms with van der Waals surface area (Å²) < 4.78 is 10.9. The monoisotopic (exact) mass is 286 g/mol. The molecule has 0 aliphatic heterocycles. The van der Waals surface area contributed by atoms with Crippen LogP contribution in [0.3, 0.4) is 0 Å². The Morgan fingerprint density at radius 1 is 1.19 bits per heavy atom. The highest BCUT2D eigenvalue weighted by Crippen LogP contribution is 2.34. The lowest BCUT2D eigenvalue weighted by atomic mass is 9.99. The lowest BCUT2D eigenvalue weighted by Gasteiger charge is -2.08. The fourth-order valence-electron chi connectivity index (χ4n) is 2.83. The smallest absolute Gasteiger partial charge is 0.340 e. The van der Waals surface area contributed by atoms with Gasteiger partial charge in [0.05, 0.1) is 23.6 Å². The van der Waals surface area contributed by atoms with Crippen molar-refractivity contribution in [2.24, 2.45) is 0 Å². The minimum absolute atomic E-state index is 0.161. The highest BCUT2D eigenvalue weighted by Gasteiger charge is 2.19. The number of benzene rings is 1. The van der Waals surface area contributed by atoms with Gasteiger partial charge in [0, 0.05) is 5.39 Å². The molecule has 0 saturated carbocycles. The highest BCUT2D eigenvalue weighted by atomic mass is 16.4. The van der Waals surface area contributed by atoms with Gasteiger partial charge in [-0.1, -0.05) is 0 Å². The summed E-state index contributed by atoms with van der Waals surface area (Å²) in [5.41, 5.74) is 3.16. The fraction of sp³-hybridized carbons (Fsp3) is 0.250. The molecule has 1 aromatic carbocycles. The molecule has 2 heterocycles. The van der Waals surface area contributed by atoms with E-state index in [4.69, 9.17) is 13.9 Å². The van der Waals surface area contributed by atoms with Crippen LogP contribution in [0, 0.1) is 20.8 Å². The van der Waals surface area contributed by atoms with Gasteiger partial charge in [0.1, 0.15) is 11.2 Å². The number of rotatable bonds is 2. The van der Waals surface area contributed by atoms with Gasteiger partial charge in [0.2, 0.25) is 0 Å². The van der Waals surface area contributed by atoms with E-state index in [-0.39, 0.29) is 12.0 Å². The Morgan fingerprint density at radius 3 is 2.57 bits per heavy atom. The number of fused-ring (bicyclic) bond motifs is 3. The van der Waals surface area contributed by atoms with E-state index in [1.807, 2.05) is 13.8 Å². The number of carboxylic acids is 1. The zero-order valence-corrected chi connectivity index (χ0v) is 11.9. The summed E-state index contributed by atoms with van der Waals surface area (Å²) >= 11 is 0. The Kier molecular flexibility index (Phi) is 2.86. The summed E-state index contributed by atoms with van der Waals surface area (Å²) in [5, 5.41) is 10.6. The van der Waals surface area contributed by atoms with E-state index in [9.17, 15) is 9.59 Å². The summed E-state index contributed by atoms with van der Waals surface area (Å²) in [7, 11) is 0.